The molecule has 2 aromatic carbocycles. The quantitative estimate of drug-likeness (QED) is 0.823. The fourth-order valence-corrected chi connectivity index (χ4v) is 3.43. The van der Waals surface area contributed by atoms with Crippen molar-refractivity contribution in [2.75, 3.05) is 0 Å². The summed E-state index contributed by atoms with van der Waals surface area (Å²) in [5.41, 5.74) is 0.620. The van der Waals surface area contributed by atoms with Crippen LogP contribution in [0.2, 0.25) is 0 Å². The maximum Gasteiger partial charge on any atom is 0.335 e. The first-order valence-electron chi connectivity index (χ1n) is 6.90. The van der Waals surface area contributed by atoms with E-state index in [1.807, 2.05) is 0 Å². The molecule has 1 atom stereocenters. The Hall–Kier alpha value is -2.25. The van der Waals surface area contributed by atoms with E-state index in [0.717, 1.165) is 0 Å². The van der Waals surface area contributed by atoms with Gasteiger partial charge in [0.25, 0.3) is 10.0 Å². The molecule has 0 aliphatic rings. The van der Waals surface area contributed by atoms with Crippen molar-refractivity contribution in [2.24, 2.45) is 0 Å². The molecule has 0 aromatic heterocycles. The van der Waals surface area contributed by atoms with Crippen LogP contribution in [0.4, 0.5) is 4.48 Å². The normalized spacial score (nSPS) is 13.0. The van der Waals surface area contributed by atoms with Crippen molar-refractivity contribution in [3.63, 3.8) is 0 Å². The number of sulfonamides is 1. The van der Waals surface area contributed by atoms with Crippen LogP contribution in [0, 0.1) is 0 Å². The van der Waals surface area contributed by atoms with E-state index in [1.54, 1.807) is 18.2 Å². The molecule has 0 aliphatic carbocycles. The number of hydrogen-bond acceptors (Lipinski definition) is 3. The van der Waals surface area contributed by atoms with Gasteiger partial charge in [0.15, 0.2) is 0 Å². The lowest BCUT2D eigenvalue weighted by Crippen LogP contribution is -2.33. The molecule has 0 radical (unpaired) electrons. The van der Waals surface area contributed by atoms with Crippen LogP contribution in [0.5, 0.6) is 0 Å². The first-order chi connectivity index (χ1) is 10.8. The van der Waals surface area contributed by atoms with Gasteiger partial charge in [-0.15, -0.1) is 4.48 Å². The second-order valence-electron chi connectivity index (χ2n) is 5.12. The molecule has 7 heteroatoms. The Balaban J connectivity index is 2.19. The van der Waals surface area contributed by atoms with Gasteiger partial charge in [0, 0.05) is 0 Å². The molecule has 0 fully saturated rings. The van der Waals surface area contributed by atoms with Gasteiger partial charge < -0.3 is 5.11 Å². The topological polar surface area (TPSA) is 74.7 Å². The van der Waals surface area contributed by atoms with Crippen LogP contribution in [0.1, 0.15) is 22.8 Å². The van der Waals surface area contributed by atoms with Crippen LogP contribution >= 0.6 is 0 Å². The maximum atomic E-state index is 14.3. The predicted molar refractivity (Wildman–Crippen MR) is 83.1 cm³/mol. The molecule has 0 saturated heterocycles. The van der Waals surface area contributed by atoms with E-state index in [0.29, 0.717) is 5.56 Å². The van der Waals surface area contributed by atoms with Crippen LogP contribution in [0.25, 0.3) is 0 Å². The Morgan fingerprint density at radius 3 is 2.43 bits per heavy atom. The fraction of sp³-hybridized carbons (Fsp3) is 0.188. The van der Waals surface area contributed by atoms with Crippen molar-refractivity contribution in [1.29, 1.82) is 0 Å². The van der Waals surface area contributed by atoms with Gasteiger partial charge >= 0.3 is 5.97 Å². The molecule has 0 amide bonds. The molecule has 0 bridgehead atoms. The number of carboxylic acid groups (broad SMARTS) is 1. The first-order valence-corrected chi connectivity index (χ1v) is 8.34. The van der Waals surface area contributed by atoms with E-state index in [2.05, 4.69) is 0 Å². The van der Waals surface area contributed by atoms with Gasteiger partial charge in [0.05, 0.1) is 16.5 Å². The largest absolute Gasteiger partial charge is 0.478 e. The van der Waals surface area contributed by atoms with Crippen molar-refractivity contribution in [1.82, 2.24) is 4.53 Å². The molecule has 0 aliphatic heterocycles. The van der Waals surface area contributed by atoms with Crippen LogP contribution in [0.15, 0.2) is 59.5 Å². The summed E-state index contributed by atoms with van der Waals surface area (Å²) in [5.74, 6) is -1.09. The highest BCUT2D eigenvalue weighted by atomic mass is 32.2. The summed E-state index contributed by atoms with van der Waals surface area (Å²) in [6, 6.07) is 12.3. The summed E-state index contributed by atoms with van der Waals surface area (Å²) in [6.45, 7) is 1.42. The molecule has 5 nitrogen and oxygen atoms in total. The molecule has 1 N–H and O–H groups in total. The Kier molecular flexibility index (Phi) is 5.12. The van der Waals surface area contributed by atoms with E-state index in [1.165, 1.54) is 43.3 Å². The zero-order valence-electron chi connectivity index (χ0n) is 12.4. The third-order valence-corrected chi connectivity index (χ3v) is 5.01. The molecule has 0 saturated carbocycles. The number of aromatic carboxylic acids is 1. The third-order valence-electron chi connectivity index (χ3n) is 3.32. The van der Waals surface area contributed by atoms with Gasteiger partial charge in [-0.05, 0) is 47.7 Å². The highest BCUT2D eigenvalue weighted by molar-refractivity contribution is 7.89. The van der Waals surface area contributed by atoms with E-state index in [4.69, 9.17) is 5.11 Å². The van der Waals surface area contributed by atoms with Crippen LogP contribution in [-0.4, -0.2) is 30.1 Å². The molecule has 0 spiro atoms. The Morgan fingerprint density at radius 2 is 1.83 bits per heavy atom. The average molecular weight is 337 g/mol. The lowest BCUT2D eigenvalue weighted by atomic mass is 10.0. The third kappa shape index (κ3) is 3.94. The predicted octanol–water partition coefficient (Wildman–Crippen LogP) is 2.89. The average Bonchev–Trinajstić information content (AvgIpc) is 2.55. The molecular formula is C16H16FNO4S. The minimum atomic E-state index is -4.23. The fourth-order valence-electron chi connectivity index (χ4n) is 2.17. The summed E-state index contributed by atoms with van der Waals surface area (Å²) < 4.78 is 38.5. The van der Waals surface area contributed by atoms with Gasteiger partial charge in [-0.25, -0.2) is 13.2 Å². The summed E-state index contributed by atoms with van der Waals surface area (Å²) in [4.78, 5) is 10.8. The number of halogens is 1. The maximum absolute atomic E-state index is 14.3. The first kappa shape index (κ1) is 17.1. The van der Waals surface area contributed by atoms with Crippen molar-refractivity contribution in [2.45, 2.75) is 24.3 Å². The summed E-state index contributed by atoms with van der Waals surface area (Å²) in [5, 5.41) is 8.95. The van der Waals surface area contributed by atoms with Crippen molar-refractivity contribution >= 4 is 16.0 Å². The smallest absolute Gasteiger partial charge is 0.335 e. The zero-order chi connectivity index (χ0) is 17.0. The number of nitrogens with zero attached hydrogens (tertiary/aromatic N) is 1. The summed E-state index contributed by atoms with van der Waals surface area (Å²) in [7, 11) is -4.23. The molecule has 122 valence electrons. The number of benzene rings is 2. The lowest BCUT2D eigenvalue weighted by molar-refractivity contribution is 0.0696. The number of carboxylic acids is 1. The Labute approximate surface area is 134 Å². The van der Waals surface area contributed by atoms with Gasteiger partial charge in [0.2, 0.25) is 0 Å². The molecule has 0 heterocycles. The monoisotopic (exact) mass is 337 g/mol. The van der Waals surface area contributed by atoms with E-state index in [-0.39, 0.29) is 21.4 Å². The molecule has 2 aromatic rings. The van der Waals surface area contributed by atoms with Crippen molar-refractivity contribution < 1.29 is 22.8 Å². The van der Waals surface area contributed by atoms with Crippen molar-refractivity contribution in [3.05, 3.63) is 65.7 Å². The van der Waals surface area contributed by atoms with Gasteiger partial charge in [0.1, 0.15) is 0 Å². The van der Waals surface area contributed by atoms with Crippen molar-refractivity contribution in [3.8, 4) is 0 Å². The molecule has 2 rings (SSSR count). The molecule has 1 unspecified atom stereocenters. The van der Waals surface area contributed by atoms with Crippen LogP contribution in [-0.2, 0) is 16.4 Å². The van der Waals surface area contributed by atoms with E-state index in [9.17, 15) is 17.7 Å². The summed E-state index contributed by atoms with van der Waals surface area (Å²) >= 11 is 0. The van der Waals surface area contributed by atoms with Crippen LogP contribution in [0.3, 0.4) is 0 Å². The van der Waals surface area contributed by atoms with Gasteiger partial charge in [-0.1, -0.05) is 30.3 Å². The Bertz CT molecular complexity index is 793. The lowest BCUT2D eigenvalue weighted by Gasteiger charge is -2.20. The van der Waals surface area contributed by atoms with Gasteiger partial charge in [-0.3, -0.25) is 0 Å². The van der Waals surface area contributed by atoms with Crippen LogP contribution < -0.4 is 0 Å². The zero-order valence-corrected chi connectivity index (χ0v) is 13.2. The molecule has 23 heavy (non-hydrogen) atoms. The van der Waals surface area contributed by atoms with Gasteiger partial charge in [-0.2, -0.15) is 0 Å². The summed E-state index contributed by atoms with van der Waals surface area (Å²) in [6.07, 6.45) is 0.0592. The second-order valence-corrected chi connectivity index (χ2v) is 6.89. The van der Waals surface area contributed by atoms with E-state index < -0.39 is 22.0 Å². The highest BCUT2D eigenvalue weighted by Crippen LogP contribution is 2.20. The SMILES string of the molecule is CC(Cc1cccc(C(=O)O)c1)N(F)S(=O)(=O)c1ccccc1. The minimum Gasteiger partial charge on any atom is -0.478 e. The number of hydrogen-bond donors (Lipinski definition) is 1. The Morgan fingerprint density at radius 1 is 1.17 bits per heavy atom. The standard InChI is InChI=1S/C16H16FNO4S/c1-12(10-13-6-5-7-14(11-13)16(19)20)18(17)23(21,22)15-8-3-2-4-9-15/h2-9,11-12H,10H2,1H3,(H,19,20). The number of rotatable bonds is 6. The second kappa shape index (κ2) is 6.89. The number of carbonyl (C=O) groups is 1. The highest BCUT2D eigenvalue weighted by Gasteiger charge is 2.29. The molecular weight excluding hydrogens is 321 g/mol. The van der Waals surface area contributed by atoms with E-state index >= 15 is 0 Å². The minimum absolute atomic E-state index is 0.0592.